The van der Waals surface area contributed by atoms with Crippen LogP contribution in [0.25, 0.3) is 11.0 Å². The second-order valence-electron chi connectivity index (χ2n) is 6.49. The third kappa shape index (κ3) is 2.81. The monoisotopic (exact) mass is 310 g/mol. The van der Waals surface area contributed by atoms with E-state index in [0.717, 1.165) is 27.9 Å². The van der Waals surface area contributed by atoms with E-state index in [9.17, 15) is 4.79 Å². The number of nitrogens with zero attached hydrogens (tertiary/aromatic N) is 2. The second kappa shape index (κ2) is 5.69. The quantitative estimate of drug-likeness (QED) is 0.685. The number of fused-ring (bicyclic) bond motifs is 1. The summed E-state index contributed by atoms with van der Waals surface area (Å²) in [5.41, 5.74) is 5.88. The van der Waals surface area contributed by atoms with Gasteiger partial charge in [0.2, 0.25) is 0 Å². The summed E-state index contributed by atoms with van der Waals surface area (Å²) in [7, 11) is 0. The normalized spacial score (nSPS) is 11.6. The van der Waals surface area contributed by atoms with Crippen molar-refractivity contribution in [2.24, 2.45) is 0 Å². The van der Waals surface area contributed by atoms with E-state index in [-0.39, 0.29) is 5.63 Å². The Labute approximate surface area is 135 Å². The molecule has 0 spiro atoms. The highest BCUT2D eigenvalue weighted by molar-refractivity contribution is 5.82. The van der Waals surface area contributed by atoms with Crippen LogP contribution in [0.5, 0.6) is 0 Å². The largest absolute Gasteiger partial charge is 0.423 e. The third-order valence-corrected chi connectivity index (χ3v) is 4.52. The second-order valence-corrected chi connectivity index (χ2v) is 6.49. The lowest BCUT2D eigenvalue weighted by molar-refractivity contribution is 0.557. The number of benzene rings is 1. The fourth-order valence-electron chi connectivity index (χ4n) is 3.03. The van der Waals surface area contributed by atoms with Crippen molar-refractivity contribution < 1.29 is 4.42 Å². The van der Waals surface area contributed by atoms with Crippen LogP contribution in [0.2, 0.25) is 0 Å². The van der Waals surface area contributed by atoms with Crippen LogP contribution in [0.15, 0.2) is 33.7 Å². The molecule has 4 nitrogen and oxygen atoms in total. The van der Waals surface area contributed by atoms with Crippen molar-refractivity contribution >= 4 is 11.0 Å². The average molecular weight is 310 g/mol. The minimum Gasteiger partial charge on any atom is -0.423 e. The average Bonchev–Trinajstić information content (AvgIpc) is 2.78. The molecule has 0 radical (unpaired) electrons. The molecule has 1 aromatic carbocycles. The van der Waals surface area contributed by atoms with Gasteiger partial charge in [0.1, 0.15) is 5.58 Å². The highest BCUT2D eigenvalue weighted by Crippen LogP contribution is 2.27. The summed E-state index contributed by atoms with van der Waals surface area (Å²) in [6, 6.07) is 5.73. The zero-order valence-electron chi connectivity index (χ0n) is 14.3. The minimum atomic E-state index is -0.307. The zero-order valence-corrected chi connectivity index (χ0v) is 14.3. The molecule has 0 fully saturated rings. The van der Waals surface area contributed by atoms with Gasteiger partial charge < -0.3 is 8.98 Å². The van der Waals surface area contributed by atoms with Gasteiger partial charge in [-0.05, 0) is 55.5 Å². The predicted molar refractivity (Wildman–Crippen MR) is 92.1 cm³/mol. The van der Waals surface area contributed by atoms with Gasteiger partial charge >= 0.3 is 5.63 Å². The van der Waals surface area contributed by atoms with Crippen molar-refractivity contribution in [1.82, 2.24) is 9.55 Å². The fourth-order valence-corrected chi connectivity index (χ4v) is 3.03. The Bertz CT molecular complexity index is 932. The Balaban J connectivity index is 2.20. The molecule has 0 unspecified atom stereocenters. The van der Waals surface area contributed by atoms with Crippen LogP contribution in [0, 0.1) is 20.8 Å². The van der Waals surface area contributed by atoms with Crippen LogP contribution >= 0.6 is 0 Å². The van der Waals surface area contributed by atoms with Gasteiger partial charge in [-0.2, -0.15) is 0 Å². The van der Waals surface area contributed by atoms with Crippen molar-refractivity contribution in [2.45, 2.75) is 47.1 Å². The Morgan fingerprint density at radius 3 is 2.52 bits per heavy atom. The lowest BCUT2D eigenvalue weighted by Gasteiger charge is -2.13. The molecule has 0 aliphatic rings. The predicted octanol–water partition coefficient (Wildman–Crippen LogP) is 4.09. The van der Waals surface area contributed by atoms with Crippen LogP contribution in [0.4, 0.5) is 0 Å². The summed E-state index contributed by atoms with van der Waals surface area (Å²) in [6.07, 6.45) is 1.82. The summed E-state index contributed by atoms with van der Waals surface area (Å²) in [6.45, 7) is 11.1. The molecular formula is C19H22N2O2. The highest BCUT2D eigenvalue weighted by atomic mass is 16.4. The fraction of sp³-hybridized carbons (Fsp3) is 0.368. The van der Waals surface area contributed by atoms with E-state index < -0.39 is 0 Å². The molecule has 23 heavy (non-hydrogen) atoms. The van der Waals surface area contributed by atoms with Crippen molar-refractivity contribution in [3.8, 4) is 0 Å². The number of rotatable bonds is 3. The van der Waals surface area contributed by atoms with Gasteiger partial charge in [0.15, 0.2) is 0 Å². The first kappa shape index (κ1) is 15.5. The van der Waals surface area contributed by atoms with Crippen LogP contribution in [-0.4, -0.2) is 9.55 Å². The summed E-state index contributed by atoms with van der Waals surface area (Å²) < 4.78 is 7.48. The Hall–Kier alpha value is -2.36. The smallest absolute Gasteiger partial charge is 0.336 e. The first-order valence-corrected chi connectivity index (χ1v) is 7.92. The molecule has 0 N–H and O–H groups in total. The van der Waals surface area contributed by atoms with E-state index in [2.05, 4.69) is 36.4 Å². The van der Waals surface area contributed by atoms with E-state index in [1.165, 1.54) is 5.56 Å². The van der Waals surface area contributed by atoms with Gasteiger partial charge in [-0.25, -0.2) is 9.78 Å². The number of hydrogen-bond acceptors (Lipinski definition) is 3. The first-order valence-electron chi connectivity index (χ1n) is 7.92. The van der Waals surface area contributed by atoms with E-state index in [1.807, 2.05) is 26.2 Å². The molecule has 4 heteroatoms. The Morgan fingerprint density at radius 2 is 1.91 bits per heavy atom. The molecule has 3 aromatic rings. The molecule has 2 heterocycles. The van der Waals surface area contributed by atoms with Crippen LogP contribution in [0.1, 0.15) is 47.8 Å². The zero-order chi connectivity index (χ0) is 16.7. The molecule has 0 amide bonds. The van der Waals surface area contributed by atoms with Crippen molar-refractivity contribution in [2.75, 3.05) is 0 Å². The molecular weight excluding hydrogens is 288 g/mol. The van der Waals surface area contributed by atoms with E-state index >= 15 is 0 Å². The summed E-state index contributed by atoms with van der Waals surface area (Å²) in [5, 5.41) is 1.00. The van der Waals surface area contributed by atoms with E-state index in [0.29, 0.717) is 18.0 Å². The lowest BCUT2D eigenvalue weighted by Crippen LogP contribution is -2.07. The number of hydrogen-bond donors (Lipinski definition) is 0. The van der Waals surface area contributed by atoms with Gasteiger partial charge in [-0.15, -0.1) is 0 Å². The maximum absolute atomic E-state index is 11.9. The van der Waals surface area contributed by atoms with Gasteiger partial charge in [0, 0.05) is 23.7 Å². The van der Waals surface area contributed by atoms with Crippen LogP contribution in [-0.2, 0) is 6.54 Å². The van der Waals surface area contributed by atoms with E-state index in [4.69, 9.17) is 4.42 Å². The van der Waals surface area contributed by atoms with Gasteiger partial charge in [-0.1, -0.05) is 13.8 Å². The van der Waals surface area contributed by atoms with Crippen molar-refractivity contribution in [1.29, 1.82) is 0 Å². The van der Waals surface area contributed by atoms with Gasteiger partial charge in [0.05, 0.1) is 12.0 Å². The molecule has 0 aliphatic heterocycles. The first-order chi connectivity index (χ1) is 10.9. The molecule has 0 saturated heterocycles. The Morgan fingerprint density at radius 1 is 1.17 bits per heavy atom. The molecule has 2 aromatic heterocycles. The van der Waals surface area contributed by atoms with Crippen LogP contribution < -0.4 is 5.63 Å². The van der Waals surface area contributed by atoms with Crippen LogP contribution in [0.3, 0.4) is 0 Å². The molecule has 0 atom stereocenters. The summed E-state index contributed by atoms with van der Waals surface area (Å²) >= 11 is 0. The molecule has 0 aliphatic carbocycles. The number of imidazole rings is 1. The number of aryl methyl sites for hydroxylation is 2. The SMILES string of the molecule is Cc1cc2oc(=O)cc(Cn3cnc(C)c3C)c2cc1C(C)C. The topological polar surface area (TPSA) is 48.0 Å². The summed E-state index contributed by atoms with van der Waals surface area (Å²) in [5.74, 6) is 0.427. The highest BCUT2D eigenvalue weighted by Gasteiger charge is 2.12. The minimum absolute atomic E-state index is 0.307. The lowest BCUT2D eigenvalue weighted by atomic mass is 9.95. The molecule has 3 rings (SSSR count). The van der Waals surface area contributed by atoms with Gasteiger partial charge in [-0.3, -0.25) is 0 Å². The van der Waals surface area contributed by atoms with Crippen molar-refractivity contribution in [3.63, 3.8) is 0 Å². The van der Waals surface area contributed by atoms with Crippen molar-refractivity contribution in [3.05, 3.63) is 63.0 Å². The summed E-state index contributed by atoms with van der Waals surface area (Å²) in [4.78, 5) is 16.3. The molecule has 120 valence electrons. The maximum Gasteiger partial charge on any atom is 0.336 e. The Kier molecular flexibility index (Phi) is 3.84. The third-order valence-electron chi connectivity index (χ3n) is 4.52. The number of aromatic nitrogens is 2. The standard InChI is InChI=1S/C19H22N2O2/c1-11(2)16-8-17-15(9-21-10-20-13(4)14(21)5)7-19(22)23-18(17)6-12(16)3/h6-8,10-11H,9H2,1-5H3. The maximum atomic E-state index is 11.9. The van der Waals surface area contributed by atoms with E-state index in [1.54, 1.807) is 6.07 Å². The van der Waals surface area contributed by atoms with Gasteiger partial charge in [0.25, 0.3) is 0 Å². The molecule has 0 bridgehead atoms. The molecule has 0 saturated carbocycles.